The van der Waals surface area contributed by atoms with Gasteiger partial charge in [-0.2, -0.15) is 0 Å². The fraction of sp³-hybridized carbons (Fsp3) is 0.217. The molecule has 0 fully saturated rings. The first-order valence-corrected chi connectivity index (χ1v) is 9.39. The summed E-state index contributed by atoms with van der Waals surface area (Å²) in [5.41, 5.74) is 5.83. The number of para-hydroxylation sites is 2. The summed E-state index contributed by atoms with van der Waals surface area (Å²) in [6.45, 7) is 1.83. The Morgan fingerprint density at radius 2 is 1.81 bits per heavy atom. The van der Waals surface area contributed by atoms with Crippen molar-refractivity contribution in [2.45, 2.75) is 25.8 Å². The van der Waals surface area contributed by atoms with E-state index in [-0.39, 0.29) is 5.91 Å². The van der Waals surface area contributed by atoms with Crippen LogP contribution >= 0.6 is 0 Å². The van der Waals surface area contributed by atoms with Crippen LogP contribution in [0.25, 0.3) is 0 Å². The number of aromatic nitrogens is 1. The van der Waals surface area contributed by atoms with E-state index in [0.29, 0.717) is 12.8 Å². The molecule has 0 unspecified atom stereocenters. The number of benzene rings is 2. The van der Waals surface area contributed by atoms with Gasteiger partial charge in [-0.15, -0.1) is 0 Å². The highest BCUT2D eigenvalue weighted by Gasteiger charge is 2.18. The number of nitrogens with zero attached hydrogens (tertiary/aromatic N) is 2. The lowest BCUT2D eigenvalue weighted by atomic mass is 9.99. The van der Waals surface area contributed by atoms with E-state index in [1.165, 1.54) is 11.1 Å². The van der Waals surface area contributed by atoms with Gasteiger partial charge in [-0.3, -0.25) is 9.78 Å². The molecular formula is C23H23N3O. The molecule has 4 rings (SSSR count). The van der Waals surface area contributed by atoms with Crippen LogP contribution in [0.3, 0.4) is 0 Å². The Morgan fingerprint density at radius 1 is 1.00 bits per heavy atom. The SMILES string of the molecule is O=C(CCc1cccnc1)Nc1ccccc1N1CCc2ccccc2C1. The summed E-state index contributed by atoms with van der Waals surface area (Å²) in [5, 5.41) is 3.10. The highest BCUT2D eigenvalue weighted by Crippen LogP contribution is 2.30. The number of aryl methyl sites for hydroxylation is 1. The van der Waals surface area contributed by atoms with Crippen LogP contribution in [0.2, 0.25) is 0 Å². The molecule has 2 heterocycles. The lowest BCUT2D eigenvalue weighted by Gasteiger charge is -2.32. The lowest BCUT2D eigenvalue weighted by Crippen LogP contribution is -2.31. The first-order valence-electron chi connectivity index (χ1n) is 9.39. The number of carbonyl (C=O) groups is 1. The van der Waals surface area contributed by atoms with Gasteiger partial charge in [0, 0.05) is 31.9 Å². The van der Waals surface area contributed by atoms with Crippen LogP contribution in [0, 0.1) is 0 Å². The Hall–Kier alpha value is -3.14. The van der Waals surface area contributed by atoms with E-state index in [2.05, 4.69) is 45.5 Å². The summed E-state index contributed by atoms with van der Waals surface area (Å²) in [6.07, 6.45) is 5.73. The zero-order valence-corrected chi connectivity index (χ0v) is 15.3. The topological polar surface area (TPSA) is 45.2 Å². The Labute approximate surface area is 159 Å². The predicted octanol–water partition coefficient (Wildman–Crippen LogP) is 4.22. The molecular weight excluding hydrogens is 334 g/mol. The number of amides is 1. The summed E-state index contributed by atoms with van der Waals surface area (Å²) in [6, 6.07) is 20.6. The fourth-order valence-electron chi connectivity index (χ4n) is 3.57. The third-order valence-corrected chi connectivity index (χ3v) is 5.01. The molecule has 0 aliphatic carbocycles. The minimum Gasteiger partial charge on any atom is -0.365 e. The third-order valence-electron chi connectivity index (χ3n) is 5.01. The van der Waals surface area contributed by atoms with Crippen LogP contribution < -0.4 is 10.2 Å². The van der Waals surface area contributed by atoms with Crippen LogP contribution in [0.1, 0.15) is 23.1 Å². The Kier molecular flexibility index (Phi) is 5.15. The molecule has 4 nitrogen and oxygen atoms in total. The van der Waals surface area contributed by atoms with E-state index >= 15 is 0 Å². The second kappa shape index (κ2) is 8.04. The molecule has 0 bridgehead atoms. The van der Waals surface area contributed by atoms with Crippen LogP contribution in [-0.2, 0) is 24.2 Å². The summed E-state index contributed by atoms with van der Waals surface area (Å²) < 4.78 is 0. The summed E-state index contributed by atoms with van der Waals surface area (Å²) in [5.74, 6) is 0.0312. The fourth-order valence-corrected chi connectivity index (χ4v) is 3.57. The number of hydrogen-bond donors (Lipinski definition) is 1. The number of rotatable bonds is 5. The zero-order valence-electron chi connectivity index (χ0n) is 15.3. The molecule has 1 aliphatic rings. The van der Waals surface area contributed by atoms with Gasteiger partial charge >= 0.3 is 0 Å². The highest BCUT2D eigenvalue weighted by molar-refractivity contribution is 5.94. The first-order chi connectivity index (χ1) is 13.3. The van der Waals surface area contributed by atoms with Crippen LogP contribution in [0.5, 0.6) is 0 Å². The van der Waals surface area contributed by atoms with Gasteiger partial charge in [0.2, 0.25) is 5.91 Å². The normalized spacial score (nSPS) is 13.1. The van der Waals surface area contributed by atoms with Crippen molar-refractivity contribution >= 4 is 17.3 Å². The first kappa shape index (κ1) is 17.3. The van der Waals surface area contributed by atoms with Crippen molar-refractivity contribution in [2.24, 2.45) is 0 Å². The zero-order chi connectivity index (χ0) is 18.5. The quantitative estimate of drug-likeness (QED) is 0.744. The number of fused-ring (bicyclic) bond motifs is 1. The van der Waals surface area contributed by atoms with E-state index in [1.54, 1.807) is 6.20 Å². The van der Waals surface area contributed by atoms with Crippen LogP contribution in [-0.4, -0.2) is 17.4 Å². The predicted molar refractivity (Wildman–Crippen MR) is 109 cm³/mol. The van der Waals surface area contributed by atoms with Crippen molar-refractivity contribution in [3.8, 4) is 0 Å². The van der Waals surface area contributed by atoms with Gasteiger partial charge in [0.1, 0.15) is 0 Å². The standard InChI is InChI=1S/C23H23N3O/c27-23(12-11-18-6-5-14-24-16-18)25-21-9-3-4-10-22(21)26-15-13-19-7-1-2-8-20(19)17-26/h1-10,14,16H,11-13,15,17H2,(H,25,27). The second-order valence-corrected chi connectivity index (χ2v) is 6.87. The Bertz CT molecular complexity index is 924. The molecule has 136 valence electrons. The average molecular weight is 357 g/mol. The molecule has 1 aliphatic heterocycles. The molecule has 1 aromatic heterocycles. The number of anilines is 2. The molecule has 4 heteroatoms. The number of hydrogen-bond acceptors (Lipinski definition) is 3. The van der Waals surface area contributed by atoms with E-state index < -0.39 is 0 Å². The van der Waals surface area contributed by atoms with Gasteiger partial charge in [0.25, 0.3) is 0 Å². The number of nitrogens with one attached hydrogen (secondary N) is 1. The van der Waals surface area contributed by atoms with E-state index in [9.17, 15) is 4.79 Å². The average Bonchev–Trinajstić information content (AvgIpc) is 2.73. The number of carbonyl (C=O) groups excluding carboxylic acids is 1. The van der Waals surface area contributed by atoms with Crippen molar-refractivity contribution in [3.05, 3.63) is 89.7 Å². The van der Waals surface area contributed by atoms with Crippen LogP contribution in [0.4, 0.5) is 11.4 Å². The molecule has 27 heavy (non-hydrogen) atoms. The van der Waals surface area contributed by atoms with Gasteiger partial charge in [0.15, 0.2) is 0 Å². The minimum atomic E-state index is 0.0312. The molecule has 0 atom stereocenters. The maximum atomic E-state index is 12.5. The molecule has 3 aromatic rings. The maximum absolute atomic E-state index is 12.5. The van der Waals surface area contributed by atoms with Gasteiger partial charge < -0.3 is 10.2 Å². The van der Waals surface area contributed by atoms with Crippen molar-refractivity contribution in [1.29, 1.82) is 0 Å². The minimum absolute atomic E-state index is 0.0312. The third kappa shape index (κ3) is 4.17. The highest BCUT2D eigenvalue weighted by atomic mass is 16.1. The van der Waals surface area contributed by atoms with Crippen LogP contribution in [0.15, 0.2) is 73.1 Å². The van der Waals surface area contributed by atoms with Crippen molar-refractivity contribution < 1.29 is 4.79 Å². The molecule has 0 saturated carbocycles. The monoisotopic (exact) mass is 357 g/mol. The van der Waals surface area contributed by atoms with E-state index in [4.69, 9.17) is 0 Å². The largest absolute Gasteiger partial charge is 0.365 e. The molecule has 1 amide bonds. The van der Waals surface area contributed by atoms with Gasteiger partial charge in [-0.05, 0) is 47.7 Å². The molecule has 0 saturated heterocycles. The van der Waals surface area contributed by atoms with Crippen molar-refractivity contribution in [1.82, 2.24) is 4.98 Å². The second-order valence-electron chi connectivity index (χ2n) is 6.87. The Morgan fingerprint density at radius 3 is 2.67 bits per heavy atom. The van der Waals surface area contributed by atoms with Crippen molar-refractivity contribution in [2.75, 3.05) is 16.8 Å². The molecule has 1 N–H and O–H groups in total. The lowest BCUT2D eigenvalue weighted by molar-refractivity contribution is -0.116. The number of pyridine rings is 1. The maximum Gasteiger partial charge on any atom is 0.224 e. The van der Waals surface area contributed by atoms with Crippen molar-refractivity contribution in [3.63, 3.8) is 0 Å². The summed E-state index contributed by atoms with van der Waals surface area (Å²) >= 11 is 0. The summed E-state index contributed by atoms with van der Waals surface area (Å²) in [7, 11) is 0. The smallest absolute Gasteiger partial charge is 0.224 e. The van der Waals surface area contributed by atoms with Gasteiger partial charge in [-0.1, -0.05) is 42.5 Å². The van der Waals surface area contributed by atoms with E-state index in [0.717, 1.165) is 36.4 Å². The molecule has 0 radical (unpaired) electrons. The van der Waals surface area contributed by atoms with E-state index in [1.807, 2.05) is 36.5 Å². The summed E-state index contributed by atoms with van der Waals surface area (Å²) in [4.78, 5) is 18.9. The molecule has 2 aromatic carbocycles. The molecule has 0 spiro atoms. The Balaban J connectivity index is 1.45. The van der Waals surface area contributed by atoms with Gasteiger partial charge in [0.05, 0.1) is 11.4 Å². The van der Waals surface area contributed by atoms with Gasteiger partial charge in [-0.25, -0.2) is 0 Å².